The third-order valence-corrected chi connectivity index (χ3v) is 4.93. The molecule has 7 nitrogen and oxygen atoms in total. The molecule has 0 saturated carbocycles. The van der Waals surface area contributed by atoms with Crippen LogP contribution in [0.2, 0.25) is 0 Å². The predicted molar refractivity (Wildman–Crippen MR) is 117 cm³/mol. The number of aryl methyl sites for hydroxylation is 1. The van der Waals surface area contributed by atoms with Crippen molar-refractivity contribution < 1.29 is 0 Å². The molecular weight excluding hydrogens is 374 g/mol. The molecule has 4 aromatic rings. The van der Waals surface area contributed by atoms with E-state index in [0.717, 1.165) is 54.1 Å². The lowest BCUT2D eigenvalue weighted by Gasteiger charge is -2.08. The van der Waals surface area contributed by atoms with Crippen LogP contribution in [0.3, 0.4) is 0 Å². The summed E-state index contributed by atoms with van der Waals surface area (Å²) in [7, 11) is 0. The second kappa shape index (κ2) is 9.26. The molecule has 0 fully saturated rings. The summed E-state index contributed by atoms with van der Waals surface area (Å²) in [5, 5.41) is 19.0. The van der Waals surface area contributed by atoms with Crippen LogP contribution in [0.15, 0.2) is 60.7 Å². The zero-order chi connectivity index (χ0) is 20.8. The Kier molecular flexibility index (Phi) is 6.08. The molecule has 152 valence electrons. The number of aromatic amines is 1. The minimum atomic E-state index is 0.662. The number of nitrogens with one attached hydrogen (secondary N) is 1. The van der Waals surface area contributed by atoms with Gasteiger partial charge in [0.25, 0.3) is 0 Å². The Balaban J connectivity index is 1.59. The van der Waals surface area contributed by atoms with Crippen molar-refractivity contribution in [2.75, 3.05) is 0 Å². The Hall–Kier alpha value is -3.61. The minimum Gasteiger partial charge on any atom is -0.246 e. The molecule has 0 saturated heterocycles. The Bertz CT molecular complexity index is 1110. The third-order valence-electron chi connectivity index (χ3n) is 4.93. The van der Waals surface area contributed by atoms with Crippen molar-refractivity contribution >= 4 is 0 Å². The van der Waals surface area contributed by atoms with Gasteiger partial charge in [-0.15, -0.1) is 5.10 Å². The summed E-state index contributed by atoms with van der Waals surface area (Å²) in [6, 6.07) is 16.7. The molecule has 0 unspecified atom stereocenters. The summed E-state index contributed by atoms with van der Waals surface area (Å²) in [6.07, 6.45) is 6.85. The van der Waals surface area contributed by atoms with Crippen molar-refractivity contribution in [3.05, 3.63) is 77.9 Å². The van der Waals surface area contributed by atoms with Crippen molar-refractivity contribution in [3.63, 3.8) is 0 Å². The van der Waals surface area contributed by atoms with Crippen LogP contribution in [0.25, 0.3) is 22.5 Å². The molecule has 7 heteroatoms. The van der Waals surface area contributed by atoms with E-state index in [-0.39, 0.29) is 0 Å². The molecule has 2 aromatic carbocycles. The minimum absolute atomic E-state index is 0.662. The fourth-order valence-electron chi connectivity index (χ4n) is 3.44. The molecule has 0 bridgehead atoms. The fraction of sp³-hybridized carbons (Fsp3) is 0.261. The first-order valence-electron chi connectivity index (χ1n) is 10.2. The Labute approximate surface area is 175 Å². The molecule has 0 spiro atoms. The highest BCUT2D eigenvalue weighted by atomic mass is 15.5. The predicted octanol–water partition coefficient (Wildman–Crippen LogP) is 4.24. The summed E-state index contributed by atoms with van der Waals surface area (Å²) >= 11 is 0. The number of hydrogen-bond acceptors (Lipinski definition) is 5. The lowest BCUT2D eigenvalue weighted by Crippen LogP contribution is -2.05. The second-order valence-corrected chi connectivity index (χ2v) is 7.11. The monoisotopic (exact) mass is 399 g/mol. The molecule has 0 aliphatic heterocycles. The van der Waals surface area contributed by atoms with E-state index in [4.69, 9.17) is 4.98 Å². The summed E-state index contributed by atoms with van der Waals surface area (Å²) < 4.78 is 2.01. The molecule has 0 amide bonds. The maximum absolute atomic E-state index is 4.77. The van der Waals surface area contributed by atoms with Gasteiger partial charge >= 0.3 is 0 Å². The lowest BCUT2D eigenvalue weighted by atomic mass is 9.98. The van der Waals surface area contributed by atoms with Crippen molar-refractivity contribution in [3.8, 4) is 22.5 Å². The summed E-state index contributed by atoms with van der Waals surface area (Å²) in [6.45, 7) is 4.92. The Morgan fingerprint density at radius 2 is 1.83 bits per heavy atom. The standard InChI is InChI=1S/C23H25N7/c1-3-5-15-30-22(24-21(27-30)8-4-2)16-17-11-13-18(14-12-17)19-9-6-7-10-20(19)23-25-28-29-26-23/h3,5-7,9-14H,4,8,15-16H2,1-2H3,(H,25,26,28,29)/b5-3+. The molecule has 1 N–H and O–H groups in total. The molecule has 2 heterocycles. The first-order chi connectivity index (χ1) is 14.8. The first-order valence-corrected chi connectivity index (χ1v) is 10.2. The maximum Gasteiger partial charge on any atom is 0.180 e. The van der Waals surface area contributed by atoms with Gasteiger partial charge in [0.15, 0.2) is 11.6 Å². The number of benzene rings is 2. The van der Waals surface area contributed by atoms with E-state index >= 15 is 0 Å². The highest BCUT2D eigenvalue weighted by Crippen LogP contribution is 2.29. The Morgan fingerprint density at radius 3 is 2.53 bits per heavy atom. The van der Waals surface area contributed by atoms with Crippen LogP contribution < -0.4 is 0 Å². The maximum atomic E-state index is 4.77. The quantitative estimate of drug-likeness (QED) is 0.448. The van der Waals surface area contributed by atoms with Gasteiger partial charge in [-0.3, -0.25) is 0 Å². The van der Waals surface area contributed by atoms with Gasteiger partial charge in [0.05, 0.1) is 6.54 Å². The normalized spacial score (nSPS) is 11.4. The van der Waals surface area contributed by atoms with Gasteiger partial charge in [-0.2, -0.15) is 5.10 Å². The average molecular weight is 400 g/mol. The largest absolute Gasteiger partial charge is 0.246 e. The summed E-state index contributed by atoms with van der Waals surface area (Å²) in [5.41, 5.74) is 4.39. The number of hydrogen-bond donors (Lipinski definition) is 1. The molecule has 2 aromatic heterocycles. The van der Waals surface area contributed by atoms with E-state index < -0.39 is 0 Å². The molecule has 0 aliphatic rings. The average Bonchev–Trinajstić information content (AvgIpc) is 3.44. The zero-order valence-electron chi connectivity index (χ0n) is 17.3. The van der Waals surface area contributed by atoms with E-state index in [1.807, 2.05) is 35.9 Å². The van der Waals surface area contributed by atoms with Gasteiger partial charge in [0.2, 0.25) is 0 Å². The number of nitrogens with zero attached hydrogens (tertiary/aromatic N) is 6. The van der Waals surface area contributed by atoms with Crippen LogP contribution in [0.4, 0.5) is 0 Å². The van der Waals surface area contributed by atoms with E-state index in [2.05, 4.69) is 69.1 Å². The number of rotatable bonds is 8. The van der Waals surface area contributed by atoms with E-state index in [1.165, 1.54) is 5.56 Å². The Morgan fingerprint density at radius 1 is 1.03 bits per heavy atom. The van der Waals surface area contributed by atoms with Gasteiger partial charge in [-0.25, -0.2) is 14.8 Å². The molecule has 4 rings (SSSR count). The van der Waals surface area contributed by atoms with Crippen molar-refractivity contribution in [2.45, 2.75) is 39.7 Å². The van der Waals surface area contributed by atoms with Crippen molar-refractivity contribution in [1.82, 2.24) is 35.4 Å². The van der Waals surface area contributed by atoms with Crippen LogP contribution in [0.1, 0.15) is 37.5 Å². The molecule has 30 heavy (non-hydrogen) atoms. The third kappa shape index (κ3) is 4.35. The molecule has 0 atom stereocenters. The van der Waals surface area contributed by atoms with Crippen molar-refractivity contribution in [2.24, 2.45) is 0 Å². The van der Waals surface area contributed by atoms with Gasteiger partial charge in [0, 0.05) is 18.4 Å². The van der Waals surface area contributed by atoms with Gasteiger partial charge < -0.3 is 0 Å². The van der Waals surface area contributed by atoms with E-state index in [1.54, 1.807) is 0 Å². The summed E-state index contributed by atoms with van der Waals surface area (Å²) in [4.78, 5) is 4.77. The van der Waals surface area contributed by atoms with Gasteiger partial charge in [0.1, 0.15) is 5.82 Å². The van der Waals surface area contributed by atoms with Gasteiger partial charge in [-0.05, 0) is 40.5 Å². The highest BCUT2D eigenvalue weighted by Gasteiger charge is 2.12. The SMILES string of the molecule is C/C=C/Cn1nc(CCC)nc1Cc1ccc(-c2ccccc2-c2nnn[nH]2)cc1. The topological polar surface area (TPSA) is 85.2 Å². The number of aromatic nitrogens is 7. The molecule has 0 aliphatic carbocycles. The zero-order valence-corrected chi connectivity index (χ0v) is 17.3. The number of allylic oxidation sites excluding steroid dienone is 2. The molecular formula is C23H25N7. The number of tetrazole rings is 1. The van der Waals surface area contributed by atoms with Crippen LogP contribution in [0.5, 0.6) is 0 Å². The smallest absolute Gasteiger partial charge is 0.180 e. The van der Waals surface area contributed by atoms with Crippen LogP contribution in [-0.2, 0) is 19.4 Å². The fourth-order valence-corrected chi connectivity index (χ4v) is 3.44. The summed E-state index contributed by atoms with van der Waals surface area (Å²) in [5.74, 6) is 2.58. The van der Waals surface area contributed by atoms with Crippen molar-refractivity contribution in [1.29, 1.82) is 0 Å². The van der Waals surface area contributed by atoms with E-state index in [0.29, 0.717) is 5.82 Å². The van der Waals surface area contributed by atoms with Crippen LogP contribution in [-0.4, -0.2) is 35.4 Å². The van der Waals surface area contributed by atoms with E-state index in [9.17, 15) is 0 Å². The first kappa shape index (κ1) is 19.7. The highest BCUT2D eigenvalue weighted by molar-refractivity contribution is 5.80. The van der Waals surface area contributed by atoms with Gasteiger partial charge in [-0.1, -0.05) is 67.6 Å². The lowest BCUT2D eigenvalue weighted by molar-refractivity contribution is 0.650. The number of H-pyrrole nitrogens is 1. The van der Waals surface area contributed by atoms with Crippen LogP contribution in [0, 0.1) is 0 Å². The molecule has 0 radical (unpaired) electrons. The second-order valence-electron chi connectivity index (χ2n) is 7.11. The van der Waals surface area contributed by atoms with Crippen LogP contribution >= 0.6 is 0 Å².